The van der Waals surface area contributed by atoms with Crippen LogP contribution in [0.5, 0.6) is 0 Å². The first-order chi connectivity index (χ1) is 11.0. The summed E-state index contributed by atoms with van der Waals surface area (Å²) in [5, 5.41) is 14.6. The van der Waals surface area contributed by atoms with Gasteiger partial charge in [0.2, 0.25) is 0 Å². The summed E-state index contributed by atoms with van der Waals surface area (Å²) in [6.07, 6.45) is 1.20. The molecule has 1 aromatic carbocycles. The van der Waals surface area contributed by atoms with Crippen molar-refractivity contribution < 1.29 is 14.3 Å². The Bertz CT molecular complexity index is 721. The highest BCUT2D eigenvalue weighted by Crippen LogP contribution is 2.13. The molecule has 0 aliphatic heterocycles. The van der Waals surface area contributed by atoms with Gasteiger partial charge in [-0.3, -0.25) is 4.57 Å². The molecule has 0 spiro atoms. The molecule has 2 amide bonds. The maximum absolute atomic E-state index is 12.0. The monoisotopic (exact) mass is 321 g/mol. The number of nitrogens with one attached hydrogen (secondary N) is 2. The van der Waals surface area contributed by atoms with Crippen LogP contribution in [0.1, 0.15) is 26.7 Å². The van der Waals surface area contributed by atoms with Gasteiger partial charge in [0, 0.05) is 25.2 Å². The second-order valence-electron chi connectivity index (χ2n) is 5.76. The number of urea groups is 1. The van der Waals surface area contributed by atoms with E-state index in [9.17, 15) is 9.59 Å². The predicted molar refractivity (Wildman–Crippen MR) is 87.4 cm³/mol. The van der Waals surface area contributed by atoms with Crippen molar-refractivity contribution in [3.8, 4) is 0 Å². The average molecular weight is 321 g/mol. The molecule has 0 aliphatic carbocycles. The first-order valence-electron chi connectivity index (χ1n) is 7.74. The van der Waals surface area contributed by atoms with Gasteiger partial charge >= 0.3 is 11.8 Å². The Balaban J connectivity index is 1.93. The largest absolute Gasteiger partial charge is 0.420 e. The molecule has 0 saturated carbocycles. The van der Waals surface area contributed by atoms with E-state index in [1.54, 1.807) is 18.2 Å². The molecule has 2 rings (SSSR count). The molecule has 23 heavy (non-hydrogen) atoms. The lowest BCUT2D eigenvalue weighted by Crippen LogP contribution is -2.51. The van der Waals surface area contributed by atoms with Crippen molar-refractivity contribution in [3.63, 3.8) is 0 Å². The number of hydrogen-bond donors (Lipinski definition) is 3. The van der Waals surface area contributed by atoms with E-state index in [4.69, 9.17) is 9.52 Å². The summed E-state index contributed by atoms with van der Waals surface area (Å²) in [5.41, 5.74) is 0.791. The molecule has 0 fully saturated rings. The van der Waals surface area contributed by atoms with Gasteiger partial charge in [0.1, 0.15) is 0 Å². The minimum absolute atomic E-state index is 0.0149. The lowest BCUT2D eigenvalue weighted by molar-refractivity contribution is 0.200. The SMILES string of the molecule is CCC(C)(CCO)NC(=O)NCCn1c(=O)oc2ccccc21. The highest BCUT2D eigenvalue weighted by Gasteiger charge is 2.23. The number of nitrogens with zero attached hydrogens (tertiary/aromatic N) is 1. The number of aromatic nitrogens is 1. The number of para-hydroxylation sites is 2. The summed E-state index contributed by atoms with van der Waals surface area (Å²) >= 11 is 0. The Morgan fingerprint density at radius 3 is 2.83 bits per heavy atom. The van der Waals surface area contributed by atoms with Gasteiger partial charge < -0.3 is 20.2 Å². The molecule has 1 aromatic heterocycles. The fraction of sp³-hybridized carbons (Fsp3) is 0.500. The second kappa shape index (κ2) is 7.32. The number of aliphatic hydroxyl groups excluding tert-OH is 1. The number of amides is 2. The van der Waals surface area contributed by atoms with Gasteiger partial charge in [-0.05, 0) is 31.9 Å². The molecule has 0 radical (unpaired) electrons. The van der Waals surface area contributed by atoms with E-state index < -0.39 is 11.3 Å². The smallest absolute Gasteiger partial charge is 0.408 e. The molecular weight excluding hydrogens is 298 g/mol. The van der Waals surface area contributed by atoms with E-state index in [1.165, 1.54) is 4.57 Å². The van der Waals surface area contributed by atoms with Crippen LogP contribution >= 0.6 is 0 Å². The van der Waals surface area contributed by atoms with Crippen molar-refractivity contribution in [1.29, 1.82) is 0 Å². The van der Waals surface area contributed by atoms with Gasteiger partial charge in [0.15, 0.2) is 5.58 Å². The first kappa shape index (κ1) is 17.1. The van der Waals surface area contributed by atoms with Crippen molar-refractivity contribution in [1.82, 2.24) is 15.2 Å². The number of hydrogen-bond acceptors (Lipinski definition) is 4. The number of benzene rings is 1. The van der Waals surface area contributed by atoms with Crippen LogP contribution in [-0.4, -0.2) is 34.4 Å². The third-order valence-electron chi connectivity index (χ3n) is 4.05. The number of aliphatic hydroxyl groups is 1. The Labute approximate surface area is 134 Å². The molecule has 2 aromatic rings. The number of carbonyl (C=O) groups excluding carboxylic acids is 1. The molecule has 7 nitrogen and oxygen atoms in total. The lowest BCUT2D eigenvalue weighted by Gasteiger charge is -2.29. The van der Waals surface area contributed by atoms with Crippen LogP contribution in [0.3, 0.4) is 0 Å². The van der Waals surface area contributed by atoms with E-state index in [0.717, 1.165) is 0 Å². The minimum atomic E-state index is -0.446. The fourth-order valence-corrected chi connectivity index (χ4v) is 2.40. The van der Waals surface area contributed by atoms with Crippen molar-refractivity contribution in [2.75, 3.05) is 13.2 Å². The van der Waals surface area contributed by atoms with Crippen LogP contribution in [0, 0.1) is 0 Å². The van der Waals surface area contributed by atoms with Crippen molar-refractivity contribution in [2.45, 2.75) is 38.8 Å². The summed E-state index contributed by atoms with van der Waals surface area (Å²) in [4.78, 5) is 23.8. The van der Waals surface area contributed by atoms with Crippen LogP contribution in [0.15, 0.2) is 33.5 Å². The van der Waals surface area contributed by atoms with Gasteiger partial charge in [-0.2, -0.15) is 0 Å². The molecule has 1 atom stereocenters. The molecule has 0 saturated heterocycles. The summed E-state index contributed by atoms with van der Waals surface area (Å²) in [6.45, 7) is 4.48. The molecule has 0 bridgehead atoms. The van der Waals surface area contributed by atoms with E-state index >= 15 is 0 Å². The molecule has 0 aliphatic rings. The van der Waals surface area contributed by atoms with E-state index in [2.05, 4.69) is 10.6 Å². The average Bonchev–Trinajstić information content (AvgIpc) is 2.83. The molecule has 126 valence electrons. The second-order valence-corrected chi connectivity index (χ2v) is 5.76. The summed E-state index contributed by atoms with van der Waals surface area (Å²) in [6, 6.07) is 6.84. The molecular formula is C16H23N3O4. The summed E-state index contributed by atoms with van der Waals surface area (Å²) < 4.78 is 6.63. The van der Waals surface area contributed by atoms with Gasteiger partial charge in [-0.1, -0.05) is 19.1 Å². The van der Waals surface area contributed by atoms with Gasteiger partial charge in [0.05, 0.1) is 5.52 Å². The third-order valence-corrected chi connectivity index (χ3v) is 4.05. The van der Waals surface area contributed by atoms with Gasteiger partial charge in [-0.25, -0.2) is 9.59 Å². The zero-order valence-corrected chi connectivity index (χ0v) is 13.5. The predicted octanol–water partition coefficient (Wildman–Crippen LogP) is 1.44. The number of fused-ring (bicyclic) bond motifs is 1. The van der Waals surface area contributed by atoms with Crippen molar-refractivity contribution in [3.05, 3.63) is 34.8 Å². The third kappa shape index (κ3) is 4.13. The standard InChI is InChI=1S/C16H23N3O4/c1-3-16(2,8-11-20)18-14(21)17-9-10-19-12-6-4-5-7-13(12)23-15(19)22/h4-7,20H,3,8-11H2,1-2H3,(H2,17,18,21). The normalized spacial score (nSPS) is 13.7. The van der Waals surface area contributed by atoms with E-state index in [1.807, 2.05) is 19.9 Å². The lowest BCUT2D eigenvalue weighted by atomic mass is 9.95. The zero-order valence-electron chi connectivity index (χ0n) is 13.5. The quantitative estimate of drug-likeness (QED) is 0.719. The summed E-state index contributed by atoms with van der Waals surface area (Å²) in [7, 11) is 0. The van der Waals surface area contributed by atoms with E-state index in [0.29, 0.717) is 37.0 Å². The highest BCUT2D eigenvalue weighted by molar-refractivity contribution is 5.75. The molecule has 1 unspecified atom stereocenters. The van der Waals surface area contributed by atoms with Crippen LogP contribution in [0.25, 0.3) is 11.1 Å². The molecule has 1 heterocycles. The van der Waals surface area contributed by atoms with Gasteiger partial charge in [0.25, 0.3) is 0 Å². The Morgan fingerprint density at radius 1 is 1.39 bits per heavy atom. The van der Waals surface area contributed by atoms with Crippen LogP contribution in [0.2, 0.25) is 0 Å². The van der Waals surface area contributed by atoms with Crippen LogP contribution in [0.4, 0.5) is 4.79 Å². The van der Waals surface area contributed by atoms with Crippen LogP contribution in [-0.2, 0) is 6.54 Å². The Morgan fingerprint density at radius 2 is 2.13 bits per heavy atom. The van der Waals surface area contributed by atoms with Gasteiger partial charge in [-0.15, -0.1) is 0 Å². The number of carbonyl (C=O) groups is 1. The van der Waals surface area contributed by atoms with Crippen LogP contribution < -0.4 is 16.4 Å². The first-order valence-corrected chi connectivity index (χ1v) is 7.74. The number of rotatable bonds is 7. The number of oxazole rings is 1. The summed E-state index contributed by atoms with van der Waals surface area (Å²) in [5.74, 6) is -0.438. The Hall–Kier alpha value is -2.28. The molecule has 3 N–H and O–H groups in total. The maximum atomic E-state index is 12.0. The van der Waals surface area contributed by atoms with E-state index in [-0.39, 0.29) is 12.6 Å². The highest BCUT2D eigenvalue weighted by atomic mass is 16.4. The van der Waals surface area contributed by atoms with Crippen molar-refractivity contribution in [2.24, 2.45) is 0 Å². The molecule has 7 heteroatoms. The zero-order chi connectivity index (χ0) is 16.9. The van der Waals surface area contributed by atoms with Crippen molar-refractivity contribution >= 4 is 17.1 Å². The minimum Gasteiger partial charge on any atom is -0.408 e. The Kier molecular flexibility index (Phi) is 5.44. The maximum Gasteiger partial charge on any atom is 0.420 e. The topological polar surface area (TPSA) is 96.5 Å². The fourth-order valence-electron chi connectivity index (χ4n) is 2.40.